The molecule has 1 aromatic carbocycles. The van der Waals surface area contributed by atoms with Crippen LogP contribution in [0.25, 0.3) is 0 Å². The molecule has 0 unspecified atom stereocenters. The third kappa shape index (κ3) is 4.78. The first-order valence-corrected chi connectivity index (χ1v) is 7.50. The molecule has 0 saturated heterocycles. The number of carbonyl (C=O) groups excluding carboxylic acids is 1. The Morgan fingerprint density at radius 2 is 2.06 bits per heavy atom. The van der Waals surface area contributed by atoms with Crippen LogP contribution in [0.1, 0.15) is 16.8 Å². The van der Waals surface area contributed by atoms with E-state index in [1.165, 1.54) is 6.07 Å². The second kappa shape index (κ2) is 6.42. The van der Waals surface area contributed by atoms with Crippen LogP contribution in [-0.4, -0.2) is 16.6 Å². The van der Waals surface area contributed by atoms with Crippen LogP contribution in [0, 0.1) is 3.57 Å². The highest BCUT2D eigenvalue weighted by atomic mass is 127. The molecule has 0 aliphatic rings. The van der Waals surface area contributed by atoms with E-state index in [2.05, 4.69) is 15.9 Å². The summed E-state index contributed by atoms with van der Waals surface area (Å²) in [6.07, 6.45) is 0.186. The first-order valence-electron chi connectivity index (χ1n) is 4.48. The van der Waals surface area contributed by atoms with Crippen LogP contribution in [0.3, 0.4) is 0 Å². The molecule has 94 valence electrons. The Hall–Kier alpha value is 0.240. The number of rotatable bonds is 4. The Morgan fingerprint density at radius 3 is 2.59 bits per heavy atom. The molecule has 0 saturated carbocycles. The summed E-state index contributed by atoms with van der Waals surface area (Å²) in [7, 11) is 0. The number of hydrogen-bond donors (Lipinski definition) is 0. The molecule has 0 fully saturated rings. The zero-order chi connectivity index (χ0) is 13.1. The van der Waals surface area contributed by atoms with Crippen molar-refractivity contribution in [1.82, 2.24) is 0 Å². The number of halogens is 5. The average molecular weight is 439 g/mol. The van der Waals surface area contributed by atoms with Crippen molar-refractivity contribution in [1.29, 1.82) is 0 Å². The maximum atomic E-state index is 12.4. The lowest BCUT2D eigenvalue weighted by atomic mass is 10.1. The van der Waals surface area contributed by atoms with Crippen molar-refractivity contribution in [2.75, 3.05) is 5.33 Å². The number of carbonyl (C=O) groups is 1. The van der Waals surface area contributed by atoms with Crippen LogP contribution in [0.2, 0.25) is 0 Å². The first kappa shape index (κ1) is 15.3. The molecule has 0 N–H and O–H groups in total. The van der Waals surface area contributed by atoms with Gasteiger partial charge >= 0.3 is 5.51 Å². The molecular formula is C10H7BrF3IOS. The van der Waals surface area contributed by atoms with Gasteiger partial charge in [-0.3, -0.25) is 4.79 Å². The molecular weight excluding hydrogens is 432 g/mol. The summed E-state index contributed by atoms with van der Waals surface area (Å²) in [5.74, 6) is -0.285. The summed E-state index contributed by atoms with van der Waals surface area (Å²) in [6, 6.07) is 4.57. The van der Waals surface area contributed by atoms with Gasteiger partial charge in [-0.1, -0.05) is 28.1 Å². The van der Waals surface area contributed by atoms with Gasteiger partial charge in [0.15, 0.2) is 5.78 Å². The SMILES string of the molecule is O=C(CCBr)c1cccc(I)c1SC(F)(F)F. The standard InChI is InChI=1S/C10H7BrF3IOS/c11-5-4-8(16)6-2-1-3-7(15)9(6)17-10(12,13)14/h1-3H,4-5H2. The molecule has 0 spiro atoms. The highest BCUT2D eigenvalue weighted by Crippen LogP contribution is 2.41. The van der Waals surface area contributed by atoms with Crippen molar-refractivity contribution in [3.05, 3.63) is 27.3 Å². The lowest BCUT2D eigenvalue weighted by Crippen LogP contribution is -2.07. The lowest BCUT2D eigenvalue weighted by Gasteiger charge is -2.11. The van der Waals surface area contributed by atoms with Gasteiger partial charge in [0.1, 0.15) is 0 Å². The highest BCUT2D eigenvalue weighted by molar-refractivity contribution is 14.1. The second-order valence-corrected chi connectivity index (χ2v) is 6.06. The molecule has 1 aromatic rings. The first-order chi connectivity index (χ1) is 7.85. The molecule has 0 aliphatic heterocycles. The molecule has 0 aromatic heterocycles. The monoisotopic (exact) mass is 438 g/mol. The van der Waals surface area contributed by atoms with Crippen LogP contribution in [0.5, 0.6) is 0 Å². The Bertz CT molecular complexity index is 423. The number of thioether (sulfide) groups is 1. The van der Waals surface area contributed by atoms with Gasteiger partial charge in [0.05, 0.1) is 0 Å². The molecule has 1 nitrogen and oxygen atoms in total. The number of Topliss-reactive ketones (excluding diaryl/α,β-unsaturated/α-hetero) is 1. The number of ketones is 1. The van der Waals surface area contributed by atoms with Crippen LogP contribution in [-0.2, 0) is 0 Å². The summed E-state index contributed by atoms with van der Waals surface area (Å²) < 4.78 is 37.6. The van der Waals surface area contributed by atoms with E-state index in [0.29, 0.717) is 8.90 Å². The molecule has 0 aliphatic carbocycles. The van der Waals surface area contributed by atoms with Gasteiger partial charge in [-0.2, -0.15) is 13.2 Å². The van der Waals surface area contributed by atoms with Gasteiger partial charge < -0.3 is 0 Å². The van der Waals surface area contributed by atoms with Crippen LogP contribution >= 0.6 is 50.3 Å². The largest absolute Gasteiger partial charge is 0.446 e. The van der Waals surface area contributed by atoms with E-state index in [4.69, 9.17) is 0 Å². The molecule has 17 heavy (non-hydrogen) atoms. The van der Waals surface area contributed by atoms with Crippen molar-refractivity contribution in [2.45, 2.75) is 16.8 Å². The predicted molar refractivity (Wildman–Crippen MR) is 73.8 cm³/mol. The zero-order valence-electron chi connectivity index (χ0n) is 8.35. The minimum absolute atomic E-state index is 0.00782. The van der Waals surface area contributed by atoms with Crippen molar-refractivity contribution in [2.24, 2.45) is 0 Å². The van der Waals surface area contributed by atoms with E-state index in [-0.39, 0.29) is 34.4 Å². The smallest absolute Gasteiger partial charge is 0.294 e. The van der Waals surface area contributed by atoms with Crippen molar-refractivity contribution < 1.29 is 18.0 Å². The quantitative estimate of drug-likeness (QED) is 0.288. The minimum atomic E-state index is -4.38. The van der Waals surface area contributed by atoms with E-state index in [0.717, 1.165) is 0 Å². The van der Waals surface area contributed by atoms with E-state index in [9.17, 15) is 18.0 Å². The Balaban J connectivity index is 3.13. The number of alkyl halides is 4. The van der Waals surface area contributed by atoms with E-state index in [1.54, 1.807) is 34.7 Å². The Labute approximate surface area is 123 Å². The highest BCUT2D eigenvalue weighted by Gasteiger charge is 2.32. The summed E-state index contributed by atoms with van der Waals surface area (Å²) >= 11 is 4.67. The molecule has 7 heteroatoms. The van der Waals surface area contributed by atoms with Crippen LogP contribution in [0.4, 0.5) is 13.2 Å². The van der Waals surface area contributed by atoms with Crippen LogP contribution in [0.15, 0.2) is 23.1 Å². The fraction of sp³-hybridized carbons (Fsp3) is 0.300. The molecule has 0 bridgehead atoms. The Morgan fingerprint density at radius 1 is 1.41 bits per heavy atom. The summed E-state index contributed by atoms with van der Waals surface area (Å²) in [4.78, 5) is 11.7. The Kier molecular flexibility index (Phi) is 5.78. The molecule has 1 rings (SSSR count). The second-order valence-electron chi connectivity index (χ2n) is 3.03. The van der Waals surface area contributed by atoms with Crippen LogP contribution < -0.4 is 0 Å². The fourth-order valence-corrected chi connectivity index (χ4v) is 3.05. The molecule has 0 heterocycles. The minimum Gasteiger partial charge on any atom is -0.294 e. The van der Waals surface area contributed by atoms with E-state index >= 15 is 0 Å². The molecule has 0 amide bonds. The summed E-state index contributed by atoms with van der Waals surface area (Å²) in [5.41, 5.74) is -4.25. The van der Waals surface area contributed by atoms with Crippen molar-refractivity contribution in [3.63, 3.8) is 0 Å². The van der Waals surface area contributed by atoms with Gasteiger partial charge in [-0.15, -0.1) is 0 Å². The van der Waals surface area contributed by atoms with Gasteiger partial charge in [0.2, 0.25) is 0 Å². The van der Waals surface area contributed by atoms with Gasteiger partial charge in [0, 0.05) is 25.8 Å². The fourth-order valence-electron chi connectivity index (χ4n) is 1.17. The molecule has 0 radical (unpaired) electrons. The van der Waals surface area contributed by atoms with Gasteiger partial charge in [-0.05, 0) is 40.4 Å². The topological polar surface area (TPSA) is 17.1 Å². The number of benzene rings is 1. The van der Waals surface area contributed by atoms with E-state index in [1.807, 2.05) is 0 Å². The van der Waals surface area contributed by atoms with Gasteiger partial charge in [0.25, 0.3) is 0 Å². The number of hydrogen-bond acceptors (Lipinski definition) is 2. The van der Waals surface area contributed by atoms with Crippen molar-refractivity contribution in [3.8, 4) is 0 Å². The molecule has 0 atom stereocenters. The average Bonchev–Trinajstić information content (AvgIpc) is 2.19. The normalized spacial score (nSPS) is 11.6. The third-order valence-corrected chi connectivity index (χ3v) is 4.34. The summed E-state index contributed by atoms with van der Waals surface area (Å²) in [5, 5.41) is 0.438. The predicted octanol–water partition coefficient (Wildman–Crippen LogP) is 4.87. The maximum absolute atomic E-state index is 12.4. The third-order valence-electron chi connectivity index (χ3n) is 1.81. The van der Waals surface area contributed by atoms with Crippen molar-refractivity contribution >= 4 is 56.1 Å². The lowest BCUT2D eigenvalue weighted by molar-refractivity contribution is -0.0328. The zero-order valence-corrected chi connectivity index (χ0v) is 12.9. The van der Waals surface area contributed by atoms with E-state index < -0.39 is 5.51 Å². The summed E-state index contributed by atoms with van der Waals surface area (Å²) in [6.45, 7) is 0. The maximum Gasteiger partial charge on any atom is 0.446 e. The van der Waals surface area contributed by atoms with Gasteiger partial charge in [-0.25, -0.2) is 0 Å².